The first-order valence-corrected chi connectivity index (χ1v) is 8.21. The van der Waals surface area contributed by atoms with Crippen molar-refractivity contribution in [3.05, 3.63) is 53.4 Å². The summed E-state index contributed by atoms with van der Waals surface area (Å²) in [4.78, 5) is 19.6. The Kier molecular flexibility index (Phi) is 5.16. The van der Waals surface area contributed by atoms with Gasteiger partial charge in [-0.1, -0.05) is 0 Å². The van der Waals surface area contributed by atoms with Gasteiger partial charge < -0.3 is 10.6 Å². The highest BCUT2D eigenvalue weighted by molar-refractivity contribution is 5.91. The van der Waals surface area contributed by atoms with Gasteiger partial charge in [-0.2, -0.15) is 5.10 Å². The maximum Gasteiger partial charge on any atom is 0.271 e. The third-order valence-electron chi connectivity index (χ3n) is 4.03. The highest BCUT2D eigenvalue weighted by Crippen LogP contribution is 2.15. The maximum atomic E-state index is 11.8. The molecule has 1 amide bonds. The lowest BCUT2D eigenvalue weighted by Gasteiger charge is -2.07. The van der Waals surface area contributed by atoms with Crippen molar-refractivity contribution in [1.82, 2.24) is 35.3 Å². The van der Waals surface area contributed by atoms with Gasteiger partial charge in [0, 0.05) is 31.2 Å². The molecule has 0 spiro atoms. The molecule has 3 rings (SSSR count). The largest absolute Gasteiger partial charge is 0.367 e. The number of nitrogens with one attached hydrogen (secondary N) is 2. The lowest BCUT2D eigenvalue weighted by atomic mass is 10.2. The number of aryl methyl sites for hydroxylation is 1. The van der Waals surface area contributed by atoms with Crippen LogP contribution in [0.2, 0.25) is 0 Å². The first kappa shape index (κ1) is 17.5. The van der Waals surface area contributed by atoms with Crippen LogP contribution in [-0.4, -0.2) is 48.9 Å². The van der Waals surface area contributed by atoms with Crippen LogP contribution in [0.4, 0.5) is 5.82 Å². The minimum Gasteiger partial charge on any atom is -0.367 e. The molecule has 0 radical (unpaired) electrons. The Labute approximate surface area is 150 Å². The van der Waals surface area contributed by atoms with Gasteiger partial charge in [0.15, 0.2) is 5.82 Å². The van der Waals surface area contributed by atoms with E-state index in [1.54, 1.807) is 4.68 Å². The molecule has 2 N–H and O–H groups in total. The lowest BCUT2D eigenvalue weighted by Crippen LogP contribution is -2.29. The molecule has 0 bridgehead atoms. The van der Waals surface area contributed by atoms with Crippen molar-refractivity contribution in [2.45, 2.75) is 20.8 Å². The monoisotopic (exact) mass is 352 g/mol. The van der Waals surface area contributed by atoms with E-state index < -0.39 is 0 Å². The number of carbonyl (C=O) groups is 1. The molecule has 0 fully saturated rings. The summed E-state index contributed by atoms with van der Waals surface area (Å²) in [6, 6.07) is 3.69. The fourth-order valence-electron chi connectivity index (χ4n) is 2.35. The predicted octanol–water partition coefficient (Wildman–Crippen LogP) is 1.22. The Morgan fingerprint density at radius 2 is 1.96 bits per heavy atom. The number of hydrogen-bond acceptors (Lipinski definition) is 7. The summed E-state index contributed by atoms with van der Waals surface area (Å²) in [5, 5.41) is 18.7. The molecule has 0 aliphatic heterocycles. The number of carbonyl (C=O) groups excluding carboxylic acids is 1. The molecule has 0 aliphatic carbocycles. The molecule has 26 heavy (non-hydrogen) atoms. The Bertz CT molecular complexity index is 889. The van der Waals surface area contributed by atoms with E-state index in [0.29, 0.717) is 24.7 Å². The summed E-state index contributed by atoms with van der Waals surface area (Å²) in [6.45, 7) is 6.95. The van der Waals surface area contributed by atoms with Crippen LogP contribution in [0.5, 0.6) is 0 Å². The molecular weight excluding hydrogens is 332 g/mol. The van der Waals surface area contributed by atoms with Crippen molar-refractivity contribution >= 4 is 11.7 Å². The van der Waals surface area contributed by atoms with E-state index in [2.05, 4.69) is 35.9 Å². The van der Waals surface area contributed by atoms with Gasteiger partial charge in [0.1, 0.15) is 11.5 Å². The molecule has 0 unspecified atom stereocenters. The van der Waals surface area contributed by atoms with Crippen LogP contribution in [0.25, 0.3) is 5.82 Å². The standard InChI is InChI=1S/C17H20N8O/c1-11-12(2)24-25(13(11)3)16-5-4-15(22-23-16)20-8-9-21-17(26)14-10-18-6-7-19-14/h4-7,10H,8-9H2,1-3H3,(H,20,22)(H,21,26). The third-order valence-corrected chi connectivity index (χ3v) is 4.03. The van der Waals surface area contributed by atoms with Crippen molar-refractivity contribution in [2.24, 2.45) is 0 Å². The molecule has 0 saturated heterocycles. The Balaban J connectivity index is 1.52. The van der Waals surface area contributed by atoms with Crippen LogP contribution in [0, 0.1) is 20.8 Å². The zero-order valence-electron chi connectivity index (χ0n) is 14.9. The first-order valence-electron chi connectivity index (χ1n) is 8.21. The van der Waals surface area contributed by atoms with Crippen molar-refractivity contribution in [3.8, 4) is 5.82 Å². The first-order chi connectivity index (χ1) is 12.6. The van der Waals surface area contributed by atoms with Gasteiger partial charge in [-0.05, 0) is 38.5 Å². The smallest absolute Gasteiger partial charge is 0.271 e. The van der Waals surface area contributed by atoms with Gasteiger partial charge in [0.05, 0.1) is 11.9 Å². The van der Waals surface area contributed by atoms with Gasteiger partial charge >= 0.3 is 0 Å². The normalized spacial score (nSPS) is 10.6. The number of anilines is 1. The molecule has 3 aromatic heterocycles. The van der Waals surface area contributed by atoms with Crippen LogP contribution in [0.3, 0.4) is 0 Å². The second-order valence-corrected chi connectivity index (χ2v) is 5.76. The van der Waals surface area contributed by atoms with Crippen molar-refractivity contribution < 1.29 is 4.79 Å². The maximum absolute atomic E-state index is 11.8. The molecule has 134 valence electrons. The average Bonchev–Trinajstić information content (AvgIpc) is 2.93. The molecule has 9 heteroatoms. The van der Waals surface area contributed by atoms with Gasteiger partial charge in [0.2, 0.25) is 0 Å². The van der Waals surface area contributed by atoms with E-state index in [1.165, 1.54) is 18.6 Å². The summed E-state index contributed by atoms with van der Waals surface area (Å²) < 4.78 is 1.78. The van der Waals surface area contributed by atoms with Crippen LogP contribution >= 0.6 is 0 Å². The highest BCUT2D eigenvalue weighted by atomic mass is 16.1. The van der Waals surface area contributed by atoms with Crippen molar-refractivity contribution in [3.63, 3.8) is 0 Å². The van der Waals surface area contributed by atoms with E-state index in [1.807, 2.05) is 32.9 Å². The van der Waals surface area contributed by atoms with E-state index >= 15 is 0 Å². The SMILES string of the molecule is Cc1nn(-c2ccc(NCCNC(=O)c3cnccn3)nn2)c(C)c1C. The topological polar surface area (TPSA) is 111 Å². The van der Waals surface area contributed by atoms with E-state index in [0.717, 1.165) is 17.0 Å². The fraction of sp³-hybridized carbons (Fsp3) is 0.294. The Morgan fingerprint density at radius 3 is 2.58 bits per heavy atom. The average molecular weight is 352 g/mol. The Morgan fingerprint density at radius 1 is 1.12 bits per heavy atom. The number of aromatic nitrogens is 6. The second-order valence-electron chi connectivity index (χ2n) is 5.76. The quantitative estimate of drug-likeness (QED) is 0.642. The number of rotatable bonds is 6. The van der Waals surface area contributed by atoms with E-state index in [4.69, 9.17) is 0 Å². The van der Waals surface area contributed by atoms with Crippen LogP contribution in [0.1, 0.15) is 27.4 Å². The summed E-state index contributed by atoms with van der Waals surface area (Å²) in [5.74, 6) is 1.03. The van der Waals surface area contributed by atoms with Gasteiger partial charge in [-0.25, -0.2) is 9.67 Å². The zero-order chi connectivity index (χ0) is 18.5. The third kappa shape index (κ3) is 3.82. The highest BCUT2D eigenvalue weighted by Gasteiger charge is 2.10. The molecule has 0 atom stereocenters. The Hall–Kier alpha value is -3.36. The molecular formula is C17H20N8O. The molecule has 3 aromatic rings. The van der Waals surface area contributed by atoms with E-state index in [-0.39, 0.29) is 11.6 Å². The van der Waals surface area contributed by atoms with Crippen molar-refractivity contribution in [2.75, 3.05) is 18.4 Å². The van der Waals surface area contributed by atoms with Gasteiger partial charge in [0.25, 0.3) is 5.91 Å². The molecule has 3 heterocycles. The summed E-state index contributed by atoms with van der Waals surface area (Å²) in [6.07, 6.45) is 4.43. The second kappa shape index (κ2) is 7.68. The summed E-state index contributed by atoms with van der Waals surface area (Å²) in [5.41, 5.74) is 3.46. The minimum atomic E-state index is -0.263. The van der Waals surface area contributed by atoms with Gasteiger partial charge in [-0.15, -0.1) is 10.2 Å². The van der Waals surface area contributed by atoms with Crippen LogP contribution in [-0.2, 0) is 0 Å². The number of amides is 1. The lowest BCUT2D eigenvalue weighted by molar-refractivity contribution is 0.0950. The molecule has 9 nitrogen and oxygen atoms in total. The minimum absolute atomic E-state index is 0.263. The van der Waals surface area contributed by atoms with Crippen LogP contribution < -0.4 is 10.6 Å². The molecule has 0 saturated carbocycles. The van der Waals surface area contributed by atoms with E-state index in [9.17, 15) is 4.79 Å². The number of hydrogen-bond donors (Lipinski definition) is 2. The summed E-state index contributed by atoms with van der Waals surface area (Å²) >= 11 is 0. The summed E-state index contributed by atoms with van der Waals surface area (Å²) in [7, 11) is 0. The van der Waals surface area contributed by atoms with Gasteiger partial charge in [-0.3, -0.25) is 9.78 Å². The number of nitrogens with zero attached hydrogens (tertiary/aromatic N) is 6. The molecule has 0 aromatic carbocycles. The van der Waals surface area contributed by atoms with Crippen LogP contribution in [0.15, 0.2) is 30.7 Å². The zero-order valence-corrected chi connectivity index (χ0v) is 14.9. The fourth-order valence-corrected chi connectivity index (χ4v) is 2.35. The van der Waals surface area contributed by atoms with Crippen molar-refractivity contribution in [1.29, 1.82) is 0 Å². The molecule has 0 aliphatic rings. The predicted molar refractivity (Wildman–Crippen MR) is 96.2 cm³/mol.